The van der Waals surface area contributed by atoms with Gasteiger partial charge in [-0.25, -0.2) is 13.6 Å². The van der Waals surface area contributed by atoms with E-state index in [1.165, 1.54) is 18.6 Å². The van der Waals surface area contributed by atoms with E-state index in [2.05, 4.69) is 5.32 Å². The molecule has 0 bridgehead atoms. The quantitative estimate of drug-likeness (QED) is 0.884. The molecule has 21 heavy (non-hydrogen) atoms. The molecule has 0 aromatic heterocycles. The van der Waals surface area contributed by atoms with Crippen molar-refractivity contribution in [3.63, 3.8) is 0 Å². The summed E-state index contributed by atoms with van der Waals surface area (Å²) in [5.41, 5.74) is 0.751. The fourth-order valence-corrected chi connectivity index (χ4v) is 4.13. The van der Waals surface area contributed by atoms with Crippen molar-refractivity contribution in [1.82, 2.24) is 5.32 Å². The molecule has 1 amide bonds. The summed E-state index contributed by atoms with van der Waals surface area (Å²) in [7, 11) is -3.72. The molecule has 0 spiro atoms. The van der Waals surface area contributed by atoms with Crippen LogP contribution in [0, 0.1) is 17.8 Å². The summed E-state index contributed by atoms with van der Waals surface area (Å²) in [5, 5.41) is 8.12. The molecule has 2 saturated carbocycles. The number of carbonyl (C=O) groups is 1. The van der Waals surface area contributed by atoms with Gasteiger partial charge in [0.05, 0.1) is 10.9 Å². The average molecular weight is 308 g/mol. The summed E-state index contributed by atoms with van der Waals surface area (Å²) < 4.78 is 22.7. The van der Waals surface area contributed by atoms with Crippen LogP contribution in [0.3, 0.4) is 0 Å². The van der Waals surface area contributed by atoms with E-state index >= 15 is 0 Å². The average Bonchev–Trinajstić information content (AvgIpc) is 2.92. The van der Waals surface area contributed by atoms with Crippen LogP contribution < -0.4 is 10.5 Å². The highest BCUT2D eigenvalue weighted by Crippen LogP contribution is 2.57. The van der Waals surface area contributed by atoms with Crippen LogP contribution in [0.4, 0.5) is 0 Å². The highest BCUT2D eigenvalue weighted by Gasteiger charge is 2.56. The number of fused-ring (bicyclic) bond motifs is 1. The van der Waals surface area contributed by atoms with Gasteiger partial charge in [-0.3, -0.25) is 4.79 Å². The predicted octanol–water partition coefficient (Wildman–Crippen LogP) is 1.56. The number of hydrogen-bond donors (Lipinski definition) is 2. The largest absolute Gasteiger partial charge is 0.349 e. The van der Waals surface area contributed by atoms with Gasteiger partial charge in [-0.1, -0.05) is 18.6 Å². The van der Waals surface area contributed by atoms with Crippen LogP contribution in [0.1, 0.15) is 37.8 Å². The first-order valence-corrected chi connectivity index (χ1v) is 8.85. The number of benzene rings is 1. The summed E-state index contributed by atoms with van der Waals surface area (Å²) in [6.07, 6.45) is 3.57. The Hall–Kier alpha value is -1.40. The normalized spacial score (nSPS) is 28.8. The topological polar surface area (TPSA) is 89.3 Å². The SMILES string of the molecule is CC(NC(=O)C1C2CCCC21)c1cccc(S(N)(=O)=O)c1. The van der Waals surface area contributed by atoms with Crippen LogP contribution in [0.15, 0.2) is 29.2 Å². The van der Waals surface area contributed by atoms with Crippen LogP contribution in [-0.4, -0.2) is 14.3 Å². The monoisotopic (exact) mass is 308 g/mol. The second-order valence-electron chi connectivity index (χ2n) is 6.13. The van der Waals surface area contributed by atoms with Gasteiger partial charge in [0.25, 0.3) is 0 Å². The lowest BCUT2D eigenvalue weighted by molar-refractivity contribution is -0.123. The maximum Gasteiger partial charge on any atom is 0.238 e. The van der Waals surface area contributed by atoms with Crippen LogP contribution in [0.5, 0.6) is 0 Å². The van der Waals surface area contributed by atoms with Crippen molar-refractivity contribution >= 4 is 15.9 Å². The lowest BCUT2D eigenvalue weighted by Gasteiger charge is -2.16. The van der Waals surface area contributed by atoms with E-state index in [0.29, 0.717) is 11.8 Å². The van der Waals surface area contributed by atoms with Crippen LogP contribution >= 0.6 is 0 Å². The molecule has 2 aliphatic rings. The van der Waals surface area contributed by atoms with Gasteiger partial charge in [-0.05, 0) is 49.3 Å². The summed E-state index contributed by atoms with van der Waals surface area (Å²) in [6, 6.07) is 6.20. The molecule has 3 unspecified atom stereocenters. The minimum atomic E-state index is -3.72. The molecule has 2 fully saturated rings. The molecule has 0 saturated heterocycles. The standard InChI is InChI=1S/C15H20N2O3S/c1-9(10-4-2-5-11(8-10)21(16,19)20)17-15(18)14-12-6-3-7-13(12)14/h2,4-5,8-9,12-14H,3,6-7H2,1H3,(H,17,18)(H2,16,19,20). The third kappa shape index (κ3) is 2.82. The van der Waals surface area contributed by atoms with Crippen molar-refractivity contribution < 1.29 is 13.2 Å². The number of rotatable bonds is 4. The zero-order chi connectivity index (χ0) is 15.2. The van der Waals surface area contributed by atoms with Crippen LogP contribution in [0.25, 0.3) is 0 Å². The molecule has 1 aromatic carbocycles. The Kier molecular flexibility index (Phi) is 3.53. The number of nitrogens with one attached hydrogen (secondary N) is 1. The maximum atomic E-state index is 12.2. The highest BCUT2D eigenvalue weighted by atomic mass is 32.2. The van der Waals surface area contributed by atoms with Gasteiger partial charge in [0, 0.05) is 5.92 Å². The molecule has 3 N–H and O–H groups in total. The molecule has 3 atom stereocenters. The Morgan fingerprint density at radius 1 is 1.33 bits per heavy atom. The molecule has 6 heteroatoms. The zero-order valence-corrected chi connectivity index (χ0v) is 12.8. The highest BCUT2D eigenvalue weighted by molar-refractivity contribution is 7.89. The Bertz CT molecular complexity index is 661. The summed E-state index contributed by atoms with van der Waals surface area (Å²) in [4.78, 5) is 12.3. The Balaban J connectivity index is 1.68. The van der Waals surface area contributed by atoms with E-state index in [1.54, 1.807) is 12.1 Å². The first-order valence-electron chi connectivity index (χ1n) is 7.31. The van der Waals surface area contributed by atoms with Gasteiger partial charge >= 0.3 is 0 Å². The molecule has 3 rings (SSSR count). The molecule has 5 nitrogen and oxygen atoms in total. The second-order valence-corrected chi connectivity index (χ2v) is 7.69. The fraction of sp³-hybridized carbons (Fsp3) is 0.533. The molecule has 1 aromatic rings. The Morgan fingerprint density at radius 2 is 2.00 bits per heavy atom. The second kappa shape index (κ2) is 5.10. The Morgan fingerprint density at radius 3 is 2.62 bits per heavy atom. The first kappa shape index (κ1) is 14.5. The number of nitrogens with two attached hydrogens (primary N) is 1. The smallest absolute Gasteiger partial charge is 0.238 e. The van der Waals surface area contributed by atoms with Crippen molar-refractivity contribution in [2.24, 2.45) is 22.9 Å². The van der Waals surface area contributed by atoms with Gasteiger partial charge in [0.15, 0.2) is 0 Å². The van der Waals surface area contributed by atoms with E-state index in [4.69, 9.17) is 5.14 Å². The number of carbonyl (C=O) groups excluding carboxylic acids is 1. The predicted molar refractivity (Wildman–Crippen MR) is 78.7 cm³/mol. The van der Waals surface area contributed by atoms with Gasteiger partial charge < -0.3 is 5.32 Å². The third-order valence-corrected chi connectivity index (χ3v) is 5.67. The van der Waals surface area contributed by atoms with Crippen molar-refractivity contribution in [2.75, 3.05) is 0 Å². The molecular formula is C15H20N2O3S. The van der Waals surface area contributed by atoms with E-state index in [0.717, 1.165) is 18.4 Å². The van der Waals surface area contributed by atoms with Crippen molar-refractivity contribution in [1.29, 1.82) is 0 Å². The van der Waals surface area contributed by atoms with Crippen LogP contribution in [0.2, 0.25) is 0 Å². The zero-order valence-electron chi connectivity index (χ0n) is 12.0. The van der Waals surface area contributed by atoms with Gasteiger partial charge in [-0.15, -0.1) is 0 Å². The molecule has 0 heterocycles. The van der Waals surface area contributed by atoms with Crippen molar-refractivity contribution in [3.05, 3.63) is 29.8 Å². The lowest BCUT2D eigenvalue weighted by atomic mass is 10.1. The minimum absolute atomic E-state index is 0.0735. The number of amides is 1. The summed E-state index contributed by atoms with van der Waals surface area (Å²) in [6.45, 7) is 1.86. The molecule has 0 radical (unpaired) electrons. The first-order chi connectivity index (χ1) is 9.88. The summed E-state index contributed by atoms with van der Waals surface area (Å²) in [5.74, 6) is 1.42. The van der Waals surface area contributed by atoms with Gasteiger partial charge in [-0.2, -0.15) is 0 Å². The molecule has 114 valence electrons. The van der Waals surface area contributed by atoms with E-state index < -0.39 is 10.0 Å². The van der Waals surface area contributed by atoms with Gasteiger partial charge in [0.1, 0.15) is 0 Å². The minimum Gasteiger partial charge on any atom is -0.349 e. The van der Waals surface area contributed by atoms with Crippen LogP contribution in [-0.2, 0) is 14.8 Å². The molecular weight excluding hydrogens is 288 g/mol. The maximum absolute atomic E-state index is 12.2. The third-order valence-electron chi connectivity index (χ3n) is 4.75. The van der Waals surface area contributed by atoms with E-state index in [1.807, 2.05) is 6.92 Å². The molecule has 0 aliphatic heterocycles. The van der Waals surface area contributed by atoms with Gasteiger partial charge in [0.2, 0.25) is 15.9 Å². The van der Waals surface area contributed by atoms with E-state index in [9.17, 15) is 13.2 Å². The number of primary sulfonamides is 1. The number of sulfonamides is 1. The summed E-state index contributed by atoms with van der Waals surface area (Å²) >= 11 is 0. The molecule has 2 aliphatic carbocycles. The Labute approximate surface area is 125 Å². The lowest BCUT2D eigenvalue weighted by Crippen LogP contribution is -2.29. The van der Waals surface area contributed by atoms with Crippen molar-refractivity contribution in [2.45, 2.75) is 37.1 Å². The fourth-order valence-electron chi connectivity index (χ4n) is 3.56. The van der Waals surface area contributed by atoms with E-state index in [-0.39, 0.29) is 22.8 Å². The van der Waals surface area contributed by atoms with Crippen molar-refractivity contribution in [3.8, 4) is 0 Å². The number of hydrogen-bond acceptors (Lipinski definition) is 3.